The number of hydrogen-bond acceptors (Lipinski definition) is 2. The molecule has 0 aliphatic heterocycles. The number of pyridine rings is 1. The van der Waals surface area contributed by atoms with E-state index >= 15 is 0 Å². The van der Waals surface area contributed by atoms with Crippen molar-refractivity contribution in [3.63, 3.8) is 0 Å². The molecule has 2 aromatic heterocycles. The maximum atomic E-state index is 4.36. The van der Waals surface area contributed by atoms with Gasteiger partial charge in [-0.2, -0.15) is 0 Å². The fourth-order valence-electron chi connectivity index (χ4n) is 1.46. The van der Waals surface area contributed by atoms with E-state index in [1.54, 1.807) is 0 Å². The number of nitrogens with zero attached hydrogens (tertiary/aromatic N) is 3. The van der Waals surface area contributed by atoms with Gasteiger partial charge >= 0.3 is 0 Å². The summed E-state index contributed by atoms with van der Waals surface area (Å²) in [5.41, 5.74) is 3.33. The summed E-state index contributed by atoms with van der Waals surface area (Å²) < 4.78 is 2.01. The van der Waals surface area contributed by atoms with Gasteiger partial charge in [-0.05, 0) is 24.5 Å². The summed E-state index contributed by atoms with van der Waals surface area (Å²) in [4.78, 5) is 8.52. The van der Waals surface area contributed by atoms with Crippen molar-refractivity contribution in [1.82, 2.24) is 14.5 Å². The molecule has 0 saturated carbocycles. The molecule has 0 N–H and O–H groups in total. The average Bonchev–Trinajstić information content (AvgIpc) is 2.66. The third-order valence-electron chi connectivity index (χ3n) is 2.35. The normalized spacial score (nSPS) is 10.9. The Balaban J connectivity index is 2.37. The Morgan fingerprint density at radius 1 is 1.27 bits per heavy atom. The van der Waals surface area contributed by atoms with Gasteiger partial charge in [0.15, 0.2) is 0 Å². The third kappa shape index (κ3) is 2.06. The van der Waals surface area contributed by atoms with Gasteiger partial charge in [-0.1, -0.05) is 13.8 Å². The topological polar surface area (TPSA) is 30.7 Å². The summed E-state index contributed by atoms with van der Waals surface area (Å²) in [7, 11) is 0. The van der Waals surface area contributed by atoms with Crippen LogP contribution >= 0.6 is 0 Å². The van der Waals surface area contributed by atoms with Crippen LogP contribution in [0.4, 0.5) is 0 Å². The van der Waals surface area contributed by atoms with Crippen LogP contribution in [-0.4, -0.2) is 14.5 Å². The molecule has 0 amide bonds. The van der Waals surface area contributed by atoms with Crippen molar-refractivity contribution in [2.75, 3.05) is 0 Å². The number of aromatic nitrogens is 3. The van der Waals surface area contributed by atoms with E-state index in [4.69, 9.17) is 0 Å². The first-order chi connectivity index (χ1) is 7.16. The number of aryl methyl sites for hydroxylation is 1. The van der Waals surface area contributed by atoms with E-state index in [9.17, 15) is 0 Å². The highest BCUT2D eigenvalue weighted by Gasteiger charge is 2.04. The van der Waals surface area contributed by atoms with Crippen LogP contribution in [0.5, 0.6) is 0 Å². The van der Waals surface area contributed by atoms with E-state index in [2.05, 4.69) is 36.1 Å². The molecule has 0 fully saturated rings. The van der Waals surface area contributed by atoms with Crippen molar-refractivity contribution in [3.8, 4) is 5.69 Å². The molecule has 78 valence electrons. The van der Waals surface area contributed by atoms with Crippen molar-refractivity contribution in [2.24, 2.45) is 0 Å². The second-order valence-electron chi connectivity index (χ2n) is 4.08. The Labute approximate surface area is 89.8 Å². The Hall–Kier alpha value is -1.64. The number of imidazole rings is 1. The Morgan fingerprint density at radius 3 is 2.67 bits per heavy atom. The van der Waals surface area contributed by atoms with Crippen LogP contribution in [0.3, 0.4) is 0 Å². The van der Waals surface area contributed by atoms with Gasteiger partial charge in [0.25, 0.3) is 0 Å². The Morgan fingerprint density at radius 2 is 2.07 bits per heavy atom. The molecule has 2 rings (SSSR count). The molecule has 0 aliphatic rings. The van der Waals surface area contributed by atoms with Gasteiger partial charge in [0, 0.05) is 12.4 Å². The van der Waals surface area contributed by atoms with Gasteiger partial charge < -0.3 is 4.57 Å². The van der Waals surface area contributed by atoms with Crippen LogP contribution in [-0.2, 0) is 0 Å². The smallest absolute Gasteiger partial charge is 0.0995 e. The quantitative estimate of drug-likeness (QED) is 0.748. The molecule has 0 saturated heterocycles. The molecule has 2 heterocycles. The van der Waals surface area contributed by atoms with E-state index in [0.29, 0.717) is 5.92 Å². The van der Waals surface area contributed by atoms with E-state index in [1.807, 2.05) is 30.2 Å². The van der Waals surface area contributed by atoms with Crippen molar-refractivity contribution in [1.29, 1.82) is 0 Å². The summed E-state index contributed by atoms with van der Waals surface area (Å²) in [5, 5.41) is 0. The number of hydrogen-bond donors (Lipinski definition) is 0. The van der Waals surface area contributed by atoms with Crippen LogP contribution in [0.1, 0.15) is 31.0 Å². The van der Waals surface area contributed by atoms with Gasteiger partial charge in [-0.15, -0.1) is 0 Å². The lowest BCUT2D eigenvalue weighted by Crippen LogP contribution is -1.92. The van der Waals surface area contributed by atoms with Crippen molar-refractivity contribution >= 4 is 0 Å². The summed E-state index contributed by atoms with van der Waals surface area (Å²) >= 11 is 0. The van der Waals surface area contributed by atoms with Gasteiger partial charge in [0.1, 0.15) is 0 Å². The molecule has 3 heteroatoms. The minimum Gasteiger partial charge on any atom is -0.304 e. The molecule has 0 spiro atoms. The molecular weight excluding hydrogens is 186 g/mol. The Bertz CT molecular complexity index is 457. The van der Waals surface area contributed by atoms with Crippen molar-refractivity contribution < 1.29 is 0 Å². The summed E-state index contributed by atoms with van der Waals surface area (Å²) in [6.07, 6.45) is 7.59. The lowest BCUT2D eigenvalue weighted by Gasteiger charge is -2.02. The fraction of sp³-hybridized carbons (Fsp3) is 0.333. The monoisotopic (exact) mass is 201 g/mol. The summed E-state index contributed by atoms with van der Waals surface area (Å²) in [6.45, 7) is 6.32. The molecule has 0 aliphatic carbocycles. The van der Waals surface area contributed by atoms with Crippen LogP contribution in [0.25, 0.3) is 5.69 Å². The van der Waals surface area contributed by atoms with E-state index in [0.717, 1.165) is 16.9 Å². The number of rotatable bonds is 2. The maximum Gasteiger partial charge on any atom is 0.0995 e. The molecular formula is C12H15N3. The molecule has 0 aromatic carbocycles. The molecule has 2 aromatic rings. The zero-order chi connectivity index (χ0) is 10.8. The standard InChI is InChI=1S/C12H15N3/c1-9(2)12-7-15(8-14-12)11-4-10(3)5-13-6-11/h4-9H,1-3H3. The van der Waals surface area contributed by atoms with Crippen molar-refractivity contribution in [3.05, 3.63) is 42.2 Å². The van der Waals surface area contributed by atoms with Crippen molar-refractivity contribution in [2.45, 2.75) is 26.7 Å². The van der Waals surface area contributed by atoms with E-state index in [-0.39, 0.29) is 0 Å². The zero-order valence-corrected chi connectivity index (χ0v) is 9.31. The first-order valence-corrected chi connectivity index (χ1v) is 5.12. The second-order valence-corrected chi connectivity index (χ2v) is 4.08. The zero-order valence-electron chi connectivity index (χ0n) is 9.31. The minimum atomic E-state index is 0.462. The molecule has 3 nitrogen and oxygen atoms in total. The van der Waals surface area contributed by atoms with Gasteiger partial charge in [0.2, 0.25) is 0 Å². The molecule has 0 bridgehead atoms. The predicted molar refractivity (Wildman–Crippen MR) is 60.2 cm³/mol. The van der Waals surface area contributed by atoms with Gasteiger partial charge in [0.05, 0.1) is 23.9 Å². The molecule has 0 unspecified atom stereocenters. The first kappa shape index (κ1) is 9.90. The van der Waals surface area contributed by atoms with Crippen LogP contribution in [0, 0.1) is 6.92 Å². The Kier molecular flexibility index (Phi) is 2.54. The van der Waals surface area contributed by atoms with E-state index < -0.39 is 0 Å². The van der Waals surface area contributed by atoms with Gasteiger partial charge in [-0.25, -0.2) is 4.98 Å². The predicted octanol–water partition coefficient (Wildman–Crippen LogP) is 2.70. The first-order valence-electron chi connectivity index (χ1n) is 5.12. The maximum absolute atomic E-state index is 4.36. The lowest BCUT2D eigenvalue weighted by atomic mass is 10.2. The highest BCUT2D eigenvalue weighted by molar-refractivity contribution is 5.32. The van der Waals surface area contributed by atoms with Crippen LogP contribution in [0.15, 0.2) is 31.0 Å². The van der Waals surface area contributed by atoms with Gasteiger partial charge in [-0.3, -0.25) is 4.98 Å². The van der Waals surface area contributed by atoms with E-state index in [1.165, 1.54) is 0 Å². The largest absolute Gasteiger partial charge is 0.304 e. The fourth-order valence-corrected chi connectivity index (χ4v) is 1.46. The second kappa shape index (κ2) is 3.85. The highest BCUT2D eigenvalue weighted by Crippen LogP contribution is 2.14. The molecule has 0 radical (unpaired) electrons. The highest BCUT2D eigenvalue weighted by atomic mass is 15.0. The average molecular weight is 201 g/mol. The molecule has 0 atom stereocenters. The summed E-state index contributed by atoms with van der Waals surface area (Å²) in [5.74, 6) is 0.462. The summed E-state index contributed by atoms with van der Waals surface area (Å²) in [6, 6.07) is 2.10. The lowest BCUT2D eigenvalue weighted by molar-refractivity contribution is 0.831. The SMILES string of the molecule is Cc1cncc(-n2cnc(C(C)C)c2)c1. The molecule has 15 heavy (non-hydrogen) atoms. The minimum absolute atomic E-state index is 0.462. The van der Waals surface area contributed by atoms with Crippen LogP contribution < -0.4 is 0 Å². The van der Waals surface area contributed by atoms with Crippen LogP contribution in [0.2, 0.25) is 0 Å². The third-order valence-corrected chi connectivity index (χ3v) is 2.35.